The lowest BCUT2D eigenvalue weighted by atomic mass is 10.2. The Balaban J connectivity index is 3.15. The molecule has 0 radical (unpaired) electrons. The van der Waals surface area contributed by atoms with Gasteiger partial charge in [0.1, 0.15) is 5.75 Å². The van der Waals surface area contributed by atoms with Gasteiger partial charge in [-0.15, -0.1) is 13.2 Å². The Kier molecular flexibility index (Phi) is 5.14. The maximum absolute atomic E-state index is 12.3. The van der Waals surface area contributed by atoms with Crippen LogP contribution in [0.15, 0.2) is 10.9 Å². The molecule has 3 N–H and O–H groups in total. The summed E-state index contributed by atoms with van der Waals surface area (Å²) in [5.74, 6) is -1.46. The van der Waals surface area contributed by atoms with Gasteiger partial charge in [0.2, 0.25) is 0 Å². The summed E-state index contributed by atoms with van der Waals surface area (Å²) in [4.78, 5) is 24.9. The molecule has 1 aromatic heterocycles. The van der Waals surface area contributed by atoms with Crippen molar-refractivity contribution in [1.82, 2.24) is 4.98 Å². The lowest BCUT2D eigenvalue weighted by molar-refractivity contribution is -0.275. The molecular weight excluding hydrogens is 281 g/mol. The maximum Gasteiger partial charge on any atom is 0.573 e. The molecular formula is C11H13F3N2O4. The van der Waals surface area contributed by atoms with E-state index in [-0.39, 0.29) is 24.4 Å². The number of hydrogen-bond donors (Lipinski definition) is 2. The number of nitrogens with two attached hydrogens (primary N) is 1. The number of hydrogen-bond acceptors (Lipinski definition) is 5. The topological polar surface area (TPSA) is 94.4 Å². The Bertz CT molecular complexity index is 539. The van der Waals surface area contributed by atoms with Crippen molar-refractivity contribution in [2.75, 3.05) is 6.61 Å². The van der Waals surface area contributed by atoms with E-state index < -0.39 is 30.1 Å². The van der Waals surface area contributed by atoms with Gasteiger partial charge in [0.05, 0.1) is 18.7 Å². The molecule has 0 saturated heterocycles. The number of esters is 1. The number of pyridine rings is 1. The zero-order chi connectivity index (χ0) is 15.3. The second-order valence-electron chi connectivity index (χ2n) is 3.70. The van der Waals surface area contributed by atoms with Gasteiger partial charge in [-0.3, -0.25) is 9.59 Å². The van der Waals surface area contributed by atoms with Crippen LogP contribution in [0.5, 0.6) is 5.75 Å². The van der Waals surface area contributed by atoms with Crippen LogP contribution in [0.3, 0.4) is 0 Å². The zero-order valence-corrected chi connectivity index (χ0v) is 10.5. The summed E-state index contributed by atoms with van der Waals surface area (Å²) in [6.07, 6.45) is -5.49. The number of H-pyrrole nitrogens is 1. The number of carbonyl (C=O) groups excluding carboxylic acids is 1. The van der Waals surface area contributed by atoms with Crippen LogP contribution >= 0.6 is 0 Å². The quantitative estimate of drug-likeness (QED) is 0.785. The molecule has 9 heteroatoms. The molecule has 1 heterocycles. The fraction of sp³-hybridized carbons (Fsp3) is 0.455. The number of alkyl halides is 3. The molecule has 20 heavy (non-hydrogen) atoms. The third-order valence-electron chi connectivity index (χ3n) is 2.23. The number of aromatic nitrogens is 1. The summed E-state index contributed by atoms with van der Waals surface area (Å²) in [7, 11) is 0. The molecule has 0 amide bonds. The first-order valence-electron chi connectivity index (χ1n) is 5.63. The molecule has 112 valence electrons. The van der Waals surface area contributed by atoms with Crippen molar-refractivity contribution >= 4 is 5.97 Å². The maximum atomic E-state index is 12.3. The van der Waals surface area contributed by atoms with Crippen LogP contribution in [0.25, 0.3) is 0 Å². The summed E-state index contributed by atoms with van der Waals surface area (Å²) in [5, 5.41) is 0. The second kappa shape index (κ2) is 6.42. The molecule has 0 spiro atoms. The smallest absolute Gasteiger partial charge is 0.466 e. The predicted molar refractivity (Wildman–Crippen MR) is 62.0 cm³/mol. The molecule has 0 atom stereocenters. The molecule has 0 aliphatic heterocycles. The van der Waals surface area contributed by atoms with Gasteiger partial charge in [-0.05, 0) is 13.0 Å². The molecule has 6 nitrogen and oxygen atoms in total. The van der Waals surface area contributed by atoms with Crippen LogP contribution in [-0.2, 0) is 22.5 Å². The number of halogens is 3. The Morgan fingerprint density at radius 3 is 2.60 bits per heavy atom. The first-order chi connectivity index (χ1) is 9.26. The van der Waals surface area contributed by atoms with E-state index in [1.165, 1.54) is 0 Å². The predicted octanol–water partition coefficient (Wildman–Crippen LogP) is 0.838. The van der Waals surface area contributed by atoms with Gasteiger partial charge in [-0.2, -0.15) is 0 Å². The lowest BCUT2D eigenvalue weighted by Crippen LogP contribution is -2.24. The van der Waals surface area contributed by atoms with Crippen LogP contribution in [-0.4, -0.2) is 23.9 Å². The SMILES string of the molecule is CCOC(=O)Cc1[nH]c(=O)c(CN)cc1OC(F)(F)F. The standard InChI is InChI=1S/C11H13F3N2O4/c1-2-19-9(17)4-7-8(20-11(12,13)14)3-6(5-15)10(18)16-7/h3H,2,4-5,15H2,1H3,(H,16,18). The molecule has 0 fully saturated rings. The van der Waals surface area contributed by atoms with E-state index in [2.05, 4.69) is 14.5 Å². The normalized spacial score (nSPS) is 11.2. The number of carbonyl (C=O) groups is 1. The summed E-state index contributed by atoms with van der Waals surface area (Å²) < 4.78 is 45.2. The first-order valence-corrected chi connectivity index (χ1v) is 5.63. The van der Waals surface area contributed by atoms with Crippen molar-refractivity contribution in [3.05, 3.63) is 27.7 Å². The van der Waals surface area contributed by atoms with Crippen LogP contribution in [0.2, 0.25) is 0 Å². The Morgan fingerprint density at radius 2 is 2.10 bits per heavy atom. The molecule has 0 unspecified atom stereocenters. The van der Waals surface area contributed by atoms with Crippen LogP contribution in [0, 0.1) is 0 Å². The fourth-order valence-electron chi connectivity index (χ4n) is 1.44. The number of nitrogens with one attached hydrogen (secondary N) is 1. The molecule has 0 bridgehead atoms. The van der Waals surface area contributed by atoms with Crippen molar-refractivity contribution in [1.29, 1.82) is 0 Å². The van der Waals surface area contributed by atoms with Crippen LogP contribution in [0.1, 0.15) is 18.2 Å². The largest absolute Gasteiger partial charge is 0.573 e. The van der Waals surface area contributed by atoms with Crippen LogP contribution in [0.4, 0.5) is 13.2 Å². The average Bonchev–Trinajstić information content (AvgIpc) is 2.31. The minimum absolute atomic E-state index is 0.0689. The number of ether oxygens (including phenoxy) is 2. The molecule has 0 aliphatic carbocycles. The summed E-state index contributed by atoms with van der Waals surface area (Å²) >= 11 is 0. The van der Waals surface area contributed by atoms with E-state index in [0.29, 0.717) is 0 Å². The highest BCUT2D eigenvalue weighted by Crippen LogP contribution is 2.25. The van der Waals surface area contributed by atoms with Gasteiger partial charge in [0.25, 0.3) is 5.56 Å². The van der Waals surface area contributed by atoms with Gasteiger partial charge < -0.3 is 20.2 Å². The molecule has 0 aromatic carbocycles. The van der Waals surface area contributed by atoms with E-state index in [1.54, 1.807) is 6.92 Å². The molecule has 0 saturated carbocycles. The monoisotopic (exact) mass is 294 g/mol. The van der Waals surface area contributed by atoms with E-state index in [9.17, 15) is 22.8 Å². The molecule has 1 rings (SSSR count). The summed E-state index contributed by atoms with van der Waals surface area (Å²) in [6, 6.07) is 0.862. The van der Waals surface area contributed by atoms with E-state index >= 15 is 0 Å². The highest BCUT2D eigenvalue weighted by Gasteiger charge is 2.33. The molecule has 0 aliphatic rings. The van der Waals surface area contributed by atoms with E-state index in [1.807, 2.05) is 0 Å². The first kappa shape index (κ1) is 16.0. The van der Waals surface area contributed by atoms with Gasteiger partial charge in [0, 0.05) is 12.1 Å². The second-order valence-corrected chi connectivity index (χ2v) is 3.70. The van der Waals surface area contributed by atoms with Crippen molar-refractivity contribution in [3.8, 4) is 5.75 Å². The van der Waals surface area contributed by atoms with E-state index in [4.69, 9.17) is 5.73 Å². The minimum atomic E-state index is -4.95. The molecule has 1 aromatic rings. The van der Waals surface area contributed by atoms with Gasteiger partial charge >= 0.3 is 12.3 Å². The van der Waals surface area contributed by atoms with Crippen molar-refractivity contribution in [2.24, 2.45) is 5.73 Å². The average molecular weight is 294 g/mol. The Morgan fingerprint density at radius 1 is 1.45 bits per heavy atom. The fourth-order valence-corrected chi connectivity index (χ4v) is 1.44. The third-order valence-corrected chi connectivity index (χ3v) is 2.23. The van der Waals surface area contributed by atoms with Gasteiger partial charge in [-0.25, -0.2) is 0 Å². The summed E-state index contributed by atoms with van der Waals surface area (Å²) in [5.41, 5.74) is 4.15. The van der Waals surface area contributed by atoms with Crippen molar-refractivity contribution in [2.45, 2.75) is 26.3 Å². The highest BCUT2D eigenvalue weighted by atomic mass is 19.4. The Hall–Kier alpha value is -2.03. The van der Waals surface area contributed by atoms with Crippen molar-refractivity contribution < 1.29 is 27.4 Å². The number of rotatable bonds is 5. The zero-order valence-electron chi connectivity index (χ0n) is 10.5. The van der Waals surface area contributed by atoms with Crippen molar-refractivity contribution in [3.63, 3.8) is 0 Å². The summed E-state index contributed by atoms with van der Waals surface area (Å²) in [6.45, 7) is 1.36. The van der Waals surface area contributed by atoms with Gasteiger partial charge in [0.15, 0.2) is 0 Å². The van der Waals surface area contributed by atoms with Gasteiger partial charge in [-0.1, -0.05) is 0 Å². The van der Waals surface area contributed by atoms with Crippen LogP contribution < -0.4 is 16.0 Å². The Labute approximate surface area is 111 Å². The van der Waals surface area contributed by atoms with E-state index in [0.717, 1.165) is 6.07 Å². The number of aromatic amines is 1. The highest BCUT2D eigenvalue weighted by molar-refractivity contribution is 5.72. The third kappa shape index (κ3) is 4.57. The lowest BCUT2D eigenvalue weighted by Gasteiger charge is -2.13. The minimum Gasteiger partial charge on any atom is -0.466 e.